The van der Waals surface area contributed by atoms with Crippen molar-refractivity contribution in [1.29, 1.82) is 0 Å². The second-order valence-corrected chi connectivity index (χ2v) is 4.19. The van der Waals surface area contributed by atoms with Gasteiger partial charge >= 0.3 is 0 Å². The summed E-state index contributed by atoms with van der Waals surface area (Å²) in [5.74, 6) is 0.212. The lowest BCUT2D eigenvalue weighted by Gasteiger charge is -2.19. The first-order chi connectivity index (χ1) is 9.19. The SMILES string of the molecule is CCOC(CCNCCC(=O)N(CC)CC)OCC. The molecule has 0 saturated heterocycles. The van der Waals surface area contributed by atoms with Crippen molar-refractivity contribution in [3.05, 3.63) is 0 Å². The summed E-state index contributed by atoms with van der Waals surface area (Å²) in [6.45, 7) is 12.3. The molecule has 19 heavy (non-hydrogen) atoms. The van der Waals surface area contributed by atoms with Gasteiger partial charge < -0.3 is 19.7 Å². The zero-order valence-electron chi connectivity index (χ0n) is 12.9. The van der Waals surface area contributed by atoms with E-state index in [0.29, 0.717) is 26.2 Å². The van der Waals surface area contributed by atoms with E-state index < -0.39 is 0 Å². The van der Waals surface area contributed by atoms with Gasteiger partial charge in [-0.25, -0.2) is 0 Å². The van der Waals surface area contributed by atoms with Gasteiger partial charge in [0, 0.05) is 45.7 Å². The topological polar surface area (TPSA) is 50.8 Å². The largest absolute Gasteiger partial charge is 0.353 e. The van der Waals surface area contributed by atoms with Crippen LogP contribution in [0.1, 0.15) is 40.5 Å². The lowest BCUT2D eigenvalue weighted by atomic mass is 10.3. The third-order valence-corrected chi connectivity index (χ3v) is 2.89. The number of carbonyl (C=O) groups is 1. The van der Waals surface area contributed by atoms with Crippen LogP contribution < -0.4 is 5.32 Å². The Labute approximate surface area is 117 Å². The standard InChI is InChI=1S/C14H30N2O3/c1-5-16(6-2)13(17)9-11-15-12-10-14(18-7-3)19-8-4/h14-15H,5-12H2,1-4H3. The number of nitrogens with one attached hydrogen (secondary N) is 1. The molecule has 0 aromatic heterocycles. The van der Waals surface area contributed by atoms with Gasteiger partial charge in [0.2, 0.25) is 5.91 Å². The Kier molecular flexibility index (Phi) is 12.0. The molecule has 0 radical (unpaired) electrons. The Hall–Kier alpha value is -0.650. The number of hydrogen-bond acceptors (Lipinski definition) is 4. The fourth-order valence-electron chi connectivity index (χ4n) is 1.86. The first kappa shape index (κ1) is 18.4. The minimum absolute atomic E-state index is 0.138. The molecular formula is C14H30N2O3. The maximum atomic E-state index is 11.7. The van der Waals surface area contributed by atoms with Crippen LogP contribution in [0.2, 0.25) is 0 Å². The molecule has 5 nitrogen and oxygen atoms in total. The molecule has 0 fully saturated rings. The van der Waals surface area contributed by atoms with Crippen LogP contribution in [0.15, 0.2) is 0 Å². The Morgan fingerprint density at radius 3 is 2.11 bits per heavy atom. The van der Waals surface area contributed by atoms with Crippen LogP contribution in [0.5, 0.6) is 0 Å². The lowest BCUT2D eigenvalue weighted by molar-refractivity contribution is -0.138. The third-order valence-electron chi connectivity index (χ3n) is 2.89. The number of ether oxygens (including phenoxy) is 2. The van der Waals surface area contributed by atoms with E-state index in [4.69, 9.17) is 9.47 Å². The molecule has 0 aliphatic rings. The smallest absolute Gasteiger partial charge is 0.223 e. The second kappa shape index (κ2) is 12.4. The highest BCUT2D eigenvalue weighted by Gasteiger charge is 2.09. The quantitative estimate of drug-likeness (QED) is 0.434. The maximum absolute atomic E-state index is 11.7. The van der Waals surface area contributed by atoms with Gasteiger partial charge in [0.05, 0.1) is 0 Å². The van der Waals surface area contributed by atoms with Crippen LogP contribution >= 0.6 is 0 Å². The molecule has 0 heterocycles. The van der Waals surface area contributed by atoms with Gasteiger partial charge in [0.1, 0.15) is 0 Å². The van der Waals surface area contributed by atoms with Crippen LogP contribution in [0.4, 0.5) is 0 Å². The molecule has 0 unspecified atom stereocenters. The molecular weight excluding hydrogens is 244 g/mol. The molecule has 0 aliphatic carbocycles. The molecule has 0 saturated carbocycles. The Morgan fingerprint density at radius 1 is 1.05 bits per heavy atom. The number of nitrogens with zero attached hydrogens (tertiary/aromatic N) is 1. The maximum Gasteiger partial charge on any atom is 0.223 e. The van der Waals surface area contributed by atoms with Gasteiger partial charge in [-0.1, -0.05) is 0 Å². The van der Waals surface area contributed by atoms with Gasteiger partial charge in [-0.2, -0.15) is 0 Å². The summed E-state index contributed by atoms with van der Waals surface area (Å²) in [6, 6.07) is 0. The highest BCUT2D eigenvalue weighted by molar-refractivity contribution is 5.76. The summed E-state index contributed by atoms with van der Waals surface area (Å²) < 4.78 is 10.9. The monoisotopic (exact) mass is 274 g/mol. The molecule has 0 aliphatic heterocycles. The van der Waals surface area contributed by atoms with Crippen LogP contribution in [0.25, 0.3) is 0 Å². The molecule has 0 rings (SSSR count). The Bertz CT molecular complexity index is 215. The predicted molar refractivity (Wildman–Crippen MR) is 77.1 cm³/mol. The fourth-order valence-corrected chi connectivity index (χ4v) is 1.86. The lowest BCUT2D eigenvalue weighted by Crippen LogP contribution is -2.33. The van der Waals surface area contributed by atoms with Crippen molar-refractivity contribution in [3.8, 4) is 0 Å². The average molecular weight is 274 g/mol. The molecule has 1 N–H and O–H groups in total. The van der Waals surface area contributed by atoms with E-state index in [1.165, 1.54) is 0 Å². The summed E-state index contributed by atoms with van der Waals surface area (Å²) in [5.41, 5.74) is 0. The first-order valence-corrected chi connectivity index (χ1v) is 7.41. The summed E-state index contributed by atoms with van der Waals surface area (Å²) in [5, 5.41) is 3.26. The third kappa shape index (κ3) is 8.97. The molecule has 0 aromatic rings. The number of carbonyl (C=O) groups excluding carboxylic acids is 1. The van der Waals surface area contributed by atoms with Gasteiger partial charge in [0.15, 0.2) is 6.29 Å². The summed E-state index contributed by atoms with van der Waals surface area (Å²) >= 11 is 0. The van der Waals surface area contributed by atoms with Crippen molar-refractivity contribution in [2.75, 3.05) is 39.4 Å². The average Bonchev–Trinajstić information content (AvgIpc) is 2.40. The van der Waals surface area contributed by atoms with E-state index in [2.05, 4.69) is 5.32 Å². The van der Waals surface area contributed by atoms with Crippen molar-refractivity contribution in [1.82, 2.24) is 10.2 Å². The predicted octanol–water partition coefficient (Wildman–Crippen LogP) is 1.62. The number of rotatable bonds is 12. The number of hydrogen-bond donors (Lipinski definition) is 1. The molecule has 0 aromatic carbocycles. The minimum atomic E-state index is -0.138. The van der Waals surface area contributed by atoms with Gasteiger partial charge in [0.25, 0.3) is 0 Å². The summed E-state index contributed by atoms with van der Waals surface area (Å²) in [6.07, 6.45) is 1.22. The van der Waals surface area contributed by atoms with E-state index in [9.17, 15) is 4.79 Å². The van der Waals surface area contributed by atoms with E-state index >= 15 is 0 Å². The van der Waals surface area contributed by atoms with Gasteiger partial charge in [-0.3, -0.25) is 4.79 Å². The first-order valence-electron chi connectivity index (χ1n) is 7.41. The normalized spacial score (nSPS) is 11.0. The van der Waals surface area contributed by atoms with Gasteiger partial charge in [-0.15, -0.1) is 0 Å². The van der Waals surface area contributed by atoms with Crippen molar-refractivity contribution < 1.29 is 14.3 Å². The van der Waals surface area contributed by atoms with E-state index in [0.717, 1.165) is 26.1 Å². The van der Waals surface area contributed by atoms with Crippen molar-refractivity contribution in [3.63, 3.8) is 0 Å². The zero-order valence-corrected chi connectivity index (χ0v) is 12.9. The van der Waals surface area contributed by atoms with E-state index in [1.807, 2.05) is 32.6 Å². The Balaban J connectivity index is 3.65. The van der Waals surface area contributed by atoms with Crippen molar-refractivity contribution in [2.24, 2.45) is 0 Å². The minimum Gasteiger partial charge on any atom is -0.353 e. The molecule has 5 heteroatoms. The highest BCUT2D eigenvalue weighted by Crippen LogP contribution is 2.00. The molecule has 0 bridgehead atoms. The summed E-state index contributed by atoms with van der Waals surface area (Å²) in [7, 11) is 0. The molecule has 0 spiro atoms. The van der Waals surface area contributed by atoms with Crippen LogP contribution in [0.3, 0.4) is 0 Å². The zero-order chi connectivity index (χ0) is 14.5. The molecule has 114 valence electrons. The number of amides is 1. The molecule has 1 amide bonds. The van der Waals surface area contributed by atoms with E-state index in [-0.39, 0.29) is 12.2 Å². The summed E-state index contributed by atoms with van der Waals surface area (Å²) in [4.78, 5) is 13.6. The Morgan fingerprint density at radius 2 is 1.63 bits per heavy atom. The molecule has 0 atom stereocenters. The van der Waals surface area contributed by atoms with Crippen molar-refractivity contribution >= 4 is 5.91 Å². The fraction of sp³-hybridized carbons (Fsp3) is 0.929. The van der Waals surface area contributed by atoms with E-state index in [1.54, 1.807) is 0 Å². The van der Waals surface area contributed by atoms with Gasteiger partial charge in [-0.05, 0) is 34.2 Å². The second-order valence-electron chi connectivity index (χ2n) is 4.19. The highest BCUT2D eigenvalue weighted by atomic mass is 16.7. The van der Waals surface area contributed by atoms with Crippen molar-refractivity contribution in [2.45, 2.75) is 46.8 Å². The van der Waals surface area contributed by atoms with Crippen LogP contribution in [-0.4, -0.2) is 56.5 Å². The van der Waals surface area contributed by atoms with Crippen LogP contribution in [-0.2, 0) is 14.3 Å². The van der Waals surface area contributed by atoms with Crippen LogP contribution in [0, 0.1) is 0 Å².